The zero-order valence-corrected chi connectivity index (χ0v) is 9.03. The van der Waals surface area contributed by atoms with Crippen LogP contribution in [0.15, 0.2) is 12.1 Å². The van der Waals surface area contributed by atoms with Gasteiger partial charge in [-0.05, 0) is 30.5 Å². The van der Waals surface area contributed by atoms with Crippen molar-refractivity contribution < 1.29 is 23.8 Å². The van der Waals surface area contributed by atoms with Crippen LogP contribution in [-0.2, 0) is 10.2 Å². The van der Waals surface area contributed by atoms with Crippen LogP contribution in [0.4, 0.5) is 4.39 Å². The van der Waals surface area contributed by atoms with Crippen LogP contribution in [0.25, 0.3) is 0 Å². The molecule has 1 aromatic rings. The maximum atomic E-state index is 13.8. The summed E-state index contributed by atoms with van der Waals surface area (Å²) in [5.74, 6) is -1.07. The number of hydrogen-bond donors (Lipinski definition) is 1. The van der Waals surface area contributed by atoms with E-state index in [-0.39, 0.29) is 5.75 Å². The van der Waals surface area contributed by atoms with Crippen molar-refractivity contribution in [1.29, 1.82) is 0 Å². The van der Waals surface area contributed by atoms with E-state index in [1.165, 1.54) is 6.07 Å². The summed E-state index contributed by atoms with van der Waals surface area (Å²) in [5, 5.41) is 9.16. The molecule has 1 saturated carbocycles. The minimum Gasteiger partial charge on any atom is -0.486 e. The first-order valence-corrected chi connectivity index (χ1v) is 5.46. The number of benzene rings is 1. The molecule has 1 aromatic carbocycles. The Balaban J connectivity index is 2.08. The zero-order valence-electron chi connectivity index (χ0n) is 9.03. The fourth-order valence-electron chi connectivity index (χ4n) is 2.14. The van der Waals surface area contributed by atoms with Crippen molar-refractivity contribution in [2.24, 2.45) is 0 Å². The standard InChI is InChI=1S/C12H11FO4/c13-8-5-7(12(1-2-12)11(14)15)6-9-10(8)17-4-3-16-9/h5-6H,1-4H2,(H,14,15). The van der Waals surface area contributed by atoms with E-state index in [0.29, 0.717) is 37.4 Å². The van der Waals surface area contributed by atoms with Gasteiger partial charge >= 0.3 is 5.97 Å². The van der Waals surface area contributed by atoms with Crippen LogP contribution >= 0.6 is 0 Å². The molecular weight excluding hydrogens is 227 g/mol. The molecule has 0 saturated heterocycles. The van der Waals surface area contributed by atoms with Gasteiger partial charge in [0.1, 0.15) is 13.2 Å². The van der Waals surface area contributed by atoms with E-state index in [9.17, 15) is 9.18 Å². The molecule has 1 aliphatic heterocycles. The second-order valence-electron chi connectivity index (χ2n) is 4.37. The Morgan fingerprint density at radius 2 is 2.00 bits per heavy atom. The summed E-state index contributed by atoms with van der Waals surface area (Å²) in [5.41, 5.74) is -0.455. The Morgan fingerprint density at radius 1 is 1.29 bits per heavy atom. The molecule has 1 N–H and O–H groups in total. The smallest absolute Gasteiger partial charge is 0.314 e. The maximum absolute atomic E-state index is 13.8. The molecule has 3 rings (SSSR count). The molecule has 0 bridgehead atoms. The lowest BCUT2D eigenvalue weighted by Gasteiger charge is -2.21. The van der Waals surface area contributed by atoms with E-state index in [1.54, 1.807) is 6.07 Å². The summed E-state index contributed by atoms with van der Waals surface area (Å²) in [4.78, 5) is 11.2. The maximum Gasteiger partial charge on any atom is 0.314 e. The fourth-order valence-corrected chi connectivity index (χ4v) is 2.14. The lowest BCUT2D eigenvalue weighted by atomic mass is 9.95. The van der Waals surface area contributed by atoms with Gasteiger partial charge < -0.3 is 14.6 Å². The van der Waals surface area contributed by atoms with E-state index < -0.39 is 17.2 Å². The number of halogens is 1. The fraction of sp³-hybridized carbons (Fsp3) is 0.417. The van der Waals surface area contributed by atoms with Crippen molar-refractivity contribution in [3.63, 3.8) is 0 Å². The molecule has 0 atom stereocenters. The van der Waals surface area contributed by atoms with Gasteiger partial charge in [-0.1, -0.05) is 0 Å². The monoisotopic (exact) mass is 238 g/mol. The number of aliphatic carboxylic acids is 1. The Bertz CT molecular complexity index is 494. The normalized spacial score (nSPS) is 19.8. The van der Waals surface area contributed by atoms with Gasteiger partial charge in [0.2, 0.25) is 0 Å². The van der Waals surface area contributed by atoms with E-state index in [2.05, 4.69) is 0 Å². The molecule has 0 amide bonds. The summed E-state index contributed by atoms with van der Waals surface area (Å²) in [6, 6.07) is 2.83. The topological polar surface area (TPSA) is 55.8 Å². The second-order valence-corrected chi connectivity index (χ2v) is 4.37. The van der Waals surface area contributed by atoms with Gasteiger partial charge in [0.15, 0.2) is 17.3 Å². The largest absolute Gasteiger partial charge is 0.486 e. The van der Waals surface area contributed by atoms with Crippen molar-refractivity contribution in [1.82, 2.24) is 0 Å². The third-order valence-corrected chi connectivity index (χ3v) is 3.31. The second kappa shape index (κ2) is 3.35. The van der Waals surface area contributed by atoms with Crippen LogP contribution in [0.1, 0.15) is 18.4 Å². The third kappa shape index (κ3) is 1.45. The van der Waals surface area contributed by atoms with Crippen LogP contribution in [-0.4, -0.2) is 24.3 Å². The minimum atomic E-state index is -0.920. The van der Waals surface area contributed by atoms with Crippen molar-refractivity contribution in [3.05, 3.63) is 23.5 Å². The summed E-state index contributed by atoms with van der Waals surface area (Å²) >= 11 is 0. The van der Waals surface area contributed by atoms with Gasteiger partial charge in [-0.15, -0.1) is 0 Å². The van der Waals surface area contributed by atoms with Crippen molar-refractivity contribution in [2.45, 2.75) is 18.3 Å². The summed E-state index contributed by atoms with van der Waals surface area (Å²) in [6.45, 7) is 0.670. The Morgan fingerprint density at radius 3 is 2.65 bits per heavy atom. The van der Waals surface area contributed by atoms with Crippen LogP contribution in [0.2, 0.25) is 0 Å². The van der Waals surface area contributed by atoms with E-state index in [0.717, 1.165) is 0 Å². The number of rotatable bonds is 2. The van der Waals surface area contributed by atoms with Crippen molar-refractivity contribution in [3.8, 4) is 11.5 Å². The molecule has 0 unspecified atom stereocenters. The van der Waals surface area contributed by atoms with Gasteiger partial charge in [-0.2, -0.15) is 0 Å². The number of hydrogen-bond acceptors (Lipinski definition) is 3. The lowest BCUT2D eigenvalue weighted by Crippen LogP contribution is -2.22. The lowest BCUT2D eigenvalue weighted by molar-refractivity contribution is -0.140. The highest BCUT2D eigenvalue weighted by Gasteiger charge is 2.52. The van der Waals surface area contributed by atoms with Crippen LogP contribution < -0.4 is 9.47 Å². The molecule has 1 aliphatic carbocycles. The molecule has 0 aromatic heterocycles. The SMILES string of the molecule is O=C(O)C1(c2cc(F)c3c(c2)OCCO3)CC1. The van der Waals surface area contributed by atoms with E-state index in [1.807, 2.05) is 0 Å². The van der Waals surface area contributed by atoms with E-state index in [4.69, 9.17) is 14.6 Å². The van der Waals surface area contributed by atoms with Gasteiger partial charge in [0.25, 0.3) is 0 Å². The van der Waals surface area contributed by atoms with Crippen LogP contribution in [0.3, 0.4) is 0 Å². The van der Waals surface area contributed by atoms with Crippen molar-refractivity contribution in [2.75, 3.05) is 13.2 Å². The number of fused-ring (bicyclic) bond motifs is 1. The first kappa shape index (κ1) is 10.4. The number of carboxylic acids is 1. The van der Waals surface area contributed by atoms with Gasteiger partial charge in [0, 0.05) is 0 Å². The molecule has 5 heteroatoms. The van der Waals surface area contributed by atoms with Crippen molar-refractivity contribution >= 4 is 5.97 Å². The molecule has 0 spiro atoms. The average Bonchev–Trinajstić information content (AvgIpc) is 3.10. The van der Waals surface area contributed by atoms with Gasteiger partial charge in [-0.3, -0.25) is 4.79 Å². The first-order chi connectivity index (χ1) is 8.13. The third-order valence-electron chi connectivity index (χ3n) is 3.31. The molecule has 90 valence electrons. The average molecular weight is 238 g/mol. The number of ether oxygens (including phenoxy) is 2. The molecule has 1 fully saturated rings. The van der Waals surface area contributed by atoms with E-state index >= 15 is 0 Å². The highest BCUT2D eigenvalue weighted by atomic mass is 19.1. The highest BCUT2D eigenvalue weighted by molar-refractivity contribution is 5.85. The first-order valence-electron chi connectivity index (χ1n) is 5.46. The molecular formula is C12H11FO4. The number of carboxylic acid groups (broad SMARTS) is 1. The Hall–Kier alpha value is -1.78. The molecule has 0 radical (unpaired) electrons. The zero-order chi connectivity index (χ0) is 12.0. The molecule has 17 heavy (non-hydrogen) atoms. The van der Waals surface area contributed by atoms with Gasteiger partial charge in [-0.25, -0.2) is 4.39 Å². The van der Waals surface area contributed by atoms with Crippen LogP contribution in [0, 0.1) is 5.82 Å². The Labute approximate surface area is 97.0 Å². The summed E-state index contributed by atoms with van der Waals surface area (Å²) in [6.07, 6.45) is 1.09. The number of carbonyl (C=O) groups is 1. The summed E-state index contributed by atoms with van der Waals surface area (Å²) in [7, 11) is 0. The predicted molar refractivity (Wildman–Crippen MR) is 55.9 cm³/mol. The Kier molecular flexibility index (Phi) is 2.05. The quantitative estimate of drug-likeness (QED) is 0.852. The minimum absolute atomic E-state index is 0.0844. The molecule has 1 heterocycles. The predicted octanol–water partition coefficient (Wildman–Crippen LogP) is 1.71. The highest BCUT2D eigenvalue weighted by Crippen LogP contribution is 2.50. The van der Waals surface area contributed by atoms with Gasteiger partial charge in [0.05, 0.1) is 5.41 Å². The van der Waals surface area contributed by atoms with Crippen LogP contribution in [0.5, 0.6) is 11.5 Å². The molecule has 2 aliphatic rings. The molecule has 4 nitrogen and oxygen atoms in total. The summed E-state index contributed by atoms with van der Waals surface area (Å²) < 4.78 is 24.2.